The average molecular weight is 423 g/mol. The van der Waals surface area contributed by atoms with Crippen LogP contribution in [0.15, 0.2) is 30.3 Å². The van der Waals surface area contributed by atoms with Gasteiger partial charge in [-0.25, -0.2) is 4.79 Å². The smallest absolute Gasteiger partial charge is 0.408 e. The van der Waals surface area contributed by atoms with Crippen LogP contribution in [0.5, 0.6) is 0 Å². The zero-order valence-corrected chi connectivity index (χ0v) is 17.8. The molecule has 1 aromatic rings. The number of nitrogens with one attached hydrogen (secondary N) is 2. The minimum atomic E-state index is -1.33. The molecule has 0 aliphatic carbocycles. The van der Waals surface area contributed by atoms with Crippen LogP contribution in [0, 0.1) is 0 Å². The number of aliphatic hydroxyl groups excluding tert-OH is 1. The van der Waals surface area contributed by atoms with Gasteiger partial charge in [-0.1, -0.05) is 30.3 Å². The molecule has 10 heteroatoms. The molecule has 0 saturated heterocycles. The van der Waals surface area contributed by atoms with E-state index in [1.807, 2.05) is 0 Å². The molecular weight excluding hydrogens is 394 g/mol. The molecule has 0 aliphatic rings. The number of ether oxygens (including phenoxy) is 2. The van der Waals surface area contributed by atoms with Crippen LogP contribution in [0.25, 0.3) is 0 Å². The Morgan fingerprint density at radius 3 is 2.23 bits per heavy atom. The zero-order chi connectivity index (χ0) is 22.9. The van der Waals surface area contributed by atoms with E-state index in [4.69, 9.17) is 4.74 Å². The van der Waals surface area contributed by atoms with Crippen LogP contribution in [0.3, 0.4) is 0 Å². The summed E-state index contributed by atoms with van der Waals surface area (Å²) >= 11 is 0. The van der Waals surface area contributed by atoms with Gasteiger partial charge in [0.2, 0.25) is 11.8 Å². The van der Waals surface area contributed by atoms with Crippen LogP contribution >= 0.6 is 0 Å². The number of rotatable bonds is 8. The lowest BCUT2D eigenvalue weighted by Crippen LogP contribution is -2.53. The summed E-state index contributed by atoms with van der Waals surface area (Å²) in [6.07, 6.45) is -0.880. The molecule has 166 valence electrons. The first-order chi connectivity index (χ1) is 14.0. The fraction of sp³-hybridized carbons (Fsp3) is 0.500. The molecule has 2 unspecified atom stereocenters. The predicted octanol–water partition coefficient (Wildman–Crippen LogP) is 0.361. The van der Waals surface area contributed by atoms with Crippen molar-refractivity contribution in [3.05, 3.63) is 35.9 Å². The van der Waals surface area contributed by atoms with E-state index >= 15 is 0 Å². The lowest BCUT2D eigenvalue weighted by Gasteiger charge is -2.31. The predicted molar refractivity (Wildman–Crippen MR) is 107 cm³/mol. The van der Waals surface area contributed by atoms with Crippen molar-refractivity contribution in [1.82, 2.24) is 15.5 Å². The van der Waals surface area contributed by atoms with Crippen LogP contribution in [-0.2, 0) is 23.9 Å². The molecule has 0 radical (unpaired) electrons. The van der Waals surface area contributed by atoms with E-state index in [0.29, 0.717) is 5.56 Å². The maximum Gasteiger partial charge on any atom is 0.408 e. The fourth-order valence-electron chi connectivity index (χ4n) is 2.52. The van der Waals surface area contributed by atoms with Crippen molar-refractivity contribution < 1.29 is 33.8 Å². The van der Waals surface area contributed by atoms with Gasteiger partial charge in [0.15, 0.2) is 0 Å². The van der Waals surface area contributed by atoms with Crippen molar-refractivity contribution in [1.29, 1.82) is 0 Å². The number of alkyl carbamates (subject to hydrolysis) is 1. The Labute approximate surface area is 175 Å². The van der Waals surface area contributed by atoms with E-state index in [0.717, 1.165) is 4.90 Å². The molecular formula is C20H29N3O7. The first-order valence-corrected chi connectivity index (χ1v) is 9.26. The van der Waals surface area contributed by atoms with Crippen LogP contribution in [0.1, 0.15) is 32.4 Å². The fourth-order valence-corrected chi connectivity index (χ4v) is 2.52. The average Bonchev–Trinajstić information content (AvgIpc) is 2.69. The van der Waals surface area contributed by atoms with Crippen molar-refractivity contribution in [2.75, 3.05) is 27.3 Å². The third-order valence-corrected chi connectivity index (χ3v) is 3.90. The molecule has 0 bridgehead atoms. The number of likely N-dealkylation sites (N-methyl/N-ethyl adjacent to an activating group) is 1. The van der Waals surface area contributed by atoms with E-state index in [1.165, 1.54) is 14.2 Å². The maximum atomic E-state index is 12.9. The third-order valence-electron chi connectivity index (χ3n) is 3.90. The highest BCUT2D eigenvalue weighted by molar-refractivity contribution is 5.93. The SMILES string of the molecule is COC(=O)CNC(=O)C(c1ccccc1)N(C)C(=O)C(CO)NC(=O)OC(C)(C)C. The van der Waals surface area contributed by atoms with Gasteiger partial charge in [0.05, 0.1) is 13.7 Å². The molecule has 0 spiro atoms. The Bertz CT molecular complexity index is 747. The molecule has 3 N–H and O–H groups in total. The minimum Gasteiger partial charge on any atom is -0.468 e. The summed E-state index contributed by atoms with van der Waals surface area (Å²) < 4.78 is 9.61. The van der Waals surface area contributed by atoms with E-state index in [9.17, 15) is 24.3 Å². The standard InChI is InChI=1S/C20H29N3O7/c1-20(2,3)30-19(28)22-14(12-24)18(27)23(4)16(13-9-7-6-8-10-13)17(26)21-11-15(25)29-5/h6-10,14,16,24H,11-12H2,1-5H3,(H,21,26)(H,22,28). The van der Waals surface area contributed by atoms with Crippen LogP contribution < -0.4 is 10.6 Å². The van der Waals surface area contributed by atoms with Crippen molar-refractivity contribution >= 4 is 23.9 Å². The summed E-state index contributed by atoms with van der Waals surface area (Å²) in [5.74, 6) is -1.99. The molecule has 1 rings (SSSR count). The van der Waals surface area contributed by atoms with E-state index in [2.05, 4.69) is 15.4 Å². The highest BCUT2D eigenvalue weighted by Crippen LogP contribution is 2.20. The summed E-state index contributed by atoms with van der Waals surface area (Å²) in [6.45, 7) is 3.90. The van der Waals surface area contributed by atoms with Gasteiger partial charge in [0.1, 0.15) is 24.2 Å². The molecule has 0 fully saturated rings. The summed E-state index contributed by atoms with van der Waals surface area (Å²) in [5, 5.41) is 14.3. The molecule has 1 aromatic carbocycles. The van der Waals surface area contributed by atoms with Gasteiger partial charge in [-0.2, -0.15) is 0 Å². The molecule has 3 amide bonds. The zero-order valence-electron chi connectivity index (χ0n) is 17.8. The second-order valence-electron chi connectivity index (χ2n) is 7.44. The van der Waals surface area contributed by atoms with Crippen molar-refractivity contribution in [3.8, 4) is 0 Å². The number of amides is 3. The molecule has 0 aliphatic heterocycles. The number of hydrogen-bond acceptors (Lipinski definition) is 7. The molecule has 0 aromatic heterocycles. The van der Waals surface area contributed by atoms with Crippen LogP contribution in [0.4, 0.5) is 4.79 Å². The van der Waals surface area contributed by atoms with Crippen LogP contribution in [-0.4, -0.2) is 72.8 Å². The topological polar surface area (TPSA) is 134 Å². The summed E-state index contributed by atoms with van der Waals surface area (Å²) in [5.41, 5.74) is -0.316. The number of aliphatic hydroxyl groups is 1. The number of esters is 1. The Kier molecular flexibility index (Phi) is 9.25. The highest BCUT2D eigenvalue weighted by atomic mass is 16.6. The molecule has 2 atom stereocenters. The summed E-state index contributed by atoms with van der Waals surface area (Å²) in [6, 6.07) is 5.97. The van der Waals surface area contributed by atoms with Gasteiger partial charge in [-0.15, -0.1) is 0 Å². The summed E-state index contributed by atoms with van der Waals surface area (Å²) in [4.78, 5) is 50.1. The molecule has 10 nitrogen and oxygen atoms in total. The van der Waals surface area contributed by atoms with Gasteiger partial charge in [0.25, 0.3) is 0 Å². The van der Waals surface area contributed by atoms with E-state index in [1.54, 1.807) is 51.1 Å². The second-order valence-corrected chi connectivity index (χ2v) is 7.44. The molecule has 0 heterocycles. The number of hydrogen-bond donors (Lipinski definition) is 3. The highest BCUT2D eigenvalue weighted by Gasteiger charge is 2.33. The second kappa shape index (κ2) is 11.1. The van der Waals surface area contributed by atoms with E-state index < -0.39 is 48.2 Å². The van der Waals surface area contributed by atoms with Gasteiger partial charge in [-0.05, 0) is 26.3 Å². The molecule has 0 saturated carbocycles. The lowest BCUT2D eigenvalue weighted by molar-refractivity contribution is -0.144. The van der Waals surface area contributed by atoms with E-state index in [-0.39, 0.29) is 6.54 Å². The first-order valence-electron chi connectivity index (χ1n) is 9.26. The number of benzene rings is 1. The summed E-state index contributed by atoms with van der Waals surface area (Å²) in [7, 11) is 2.55. The van der Waals surface area contributed by atoms with Gasteiger partial charge < -0.3 is 30.1 Å². The molecule has 30 heavy (non-hydrogen) atoms. The number of nitrogens with zero attached hydrogens (tertiary/aromatic N) is 1. The van der Waals surface area contributed by atoms with Gasteiger partial charge >= 0.3 is 12.1 Å². The Balaban J connectivity index is 3.04. The quantitative estimate of drug-likeness (QED) is 0.514. The van der Waals surface area contributed by atoms with Gasteiger partial charge in [-0.3, -0.25) is 14.4 Å². The minimum absolute atomic E-state index is 0.375. The monoisotopic (exact) mass is 423 g/mol. The third kappa shape index (κ3) is 7.70. The normalized spacial score (nSPS) is 12.9. The Morgan fingerprint density at radius 2 is 1.73 bits per heavy atom. The van der Waals surface area contributed by atoms with Crippen molar-refractivity contribution in [2.24, 2.45) is 0 Å². The largest absolute Gasteiger partial charge is 0.468 e. The maximum absolute atomic E-state index is 12.9. The lowest BCUT2D eigenvalue weighted by atomic mass is 10.0. The van der Waals surface area contributed by atoms with Crippen molar-refractivity contribution in [2.45, 2.75) is 38.5 Å². The van der Waals surface area contributed by atoms with Gasteiger partial charge in [0, 0.05) is 7.05 Å². The number of methoxy groups -OCH3 is 1. The first kappa shape index (κ1) is 24.9. The Morgan fingerprint density at radius 1 is 1.13 bits per heavy atom. The van der Waals surface area contributed by atoms with Crippen LogP contribution in [0.2, 0.25) is 0 Å². The van der Waals surface area contributed by atoms with Crippen molar-refractivity contribution in [3.63, 3.8) is 0 Å². The number of carbonyl (C=O) groups is 4. The Hall–Kier alpha value is -3.14. The number of carbonyl (C=O) groups excluding carboxylic acids is 4.